The van der Waals surface area contributed by atoms with Gasteiger partial charge >= 0.3 is 0 Å². The summed E-state index contributed by atoms with van der Waals surface area (Å²) in [5.41, 5.74) is 2.76. The number of nitrogens with one attached hydrogen (secondary N) is 1. The van der Waals surface area contributed by atoms with E-state index in [1.807, 2.05) is 31.3 Å². The Morgan fingerprint density at radius 2 is 1.90 bits per heavy atom. The lowest BCUT2D eigenvalue weighted by molar-refractivity contribution is 0.581. The summed E-state index contributed by atoms with van der Waals surface area (Å²) in [5.74, 6) is 0. The van der Waals surface area contributed by atoms with Crippen LogP contribution in [0.5, 0.6) is 0 Å². The second-order valence-corrected chi connectivity index (χ2v) is 6.60. The minimum atomic E-state index is -3.51. The third kappa shape index (κ3) is 2.81. The van der Waals surface area contributed by atoms with Crippen molar-refractivity contribution in [1.82, 2.24) is 14.3 Å². The molecule has 21 heavy (non-hydrogen) atoms. The summed E-state index contributed by atoms with van der Waals surface area (Å²) in [7, 11) is -3.51. The summed E-state index contributed by atoms with van der Waals surface area (Å²) in [4.78, 5) is 0.268. The topological polar surface area (TPSA) is 63.5 Å². The summed E-state index contributed by atoms with van der Waals surface area (Å²) in [6.07, 6.45) is 3.50. The summed E-state index contributed by atoms with van der Waals surface area (Å²) >= 11 is 0. The quantitative estimate of drug-likeness (QED) is 0.803. The second kappa shape index (κ2) is 5.31. The highest BCUT2D eigenvalue weighted by atomic mass is 32.2. The maximum atomic E-state index is 12.2. The van der Waals surface area contributed by atoms with E-state index >= 15 is 0 Å². The molecule has 108 valence electrons. The van der Waals surface area contributed by atoms with Crippen LogP contribution in [-0.2, 0) is 16.6 Å². The molecule has 0 spiro atoms. The number of hydrogen-bond acceptors (Lipinski definition) is 3. The lowest BCUT2D eigenvalue weighted by Crippen LogP contribution is -2.23. The van der Waals surface area contributed by atoms with Gasteiger partial charge < -0.3 is 0 Å². The highest BCUT2D eigenvalue weighted by Gasteiger charge is 2.14. The van der Waals surface area contributed by atoms with Gasteiger partial charge in [0.2, 0.25) is 10.0 Å². The van der Waals surface area contributed by atoms with Gasteiger partial charge in [-0.2, -0.15) is 5.10 Å². The Kier molecular flexibility index (Phi) is 3.48. The minimum absolute atomic E-state index is 0.212. The number of benzene rings is 1. The molecule has 0 unspecified atom stereocenters. The first kappa shape index (κ1) is 13.8. The number of sulfonamides is 1. The Bertz CT molecular complexity index is 867. The molecule has 0 aliphatic carbocycles. The normalized spacial score (nSPS) is 11.9. The zero-order chi connectivity index (χ0) is 14.9. The van der Waals surface area contributed by atoms with Crippen LogP contribution in [0.15, 0.2) is 59.8 Å². The maximum absolute atomic E-state index is 12.2. The van der Waals surface area contributed by atoms with Crippen molar-refractivity contribution in [2.75, 3.05) is 0 Å². The monoisotopic (exact) mass is 301 g/mol. The number of aromatic nitrogens is 2. The number of fused-ring (bicyclic) bond motifs is 1. The van der Waals surface area contributed by atoms with Crippen molar-refractivity contribution in [3.63, 3.8) is 0 Å². The lowest BCUT2D eigenvalue weighted by Gasteiger charge is -2.06. The van der Waals surface area contributed by atoms with E-state index in [0.29, 0.717) is 0 Å². The van der Waals surface area contributed by atoms with Gasteiger partial charge in [-0.15, -0.1) is 0 Å². The smallest absolute Gasteiger partial charge is 0.240 e. The number of aryl methyl sites for hydroxylation is 1. The molecule has 3 aromatic rings. The predicted octanol–water partition coefficient (Wildman–Crippen LogP) is 2.12. The average Bonchev–Trinajstić information content (AvgIpc) is 2.89. The first-order valence-corrected chi connectivity index (χ1v) is 8.02. The van der Waals surface area contributed by atoms with Crippen LogP contribution in [0.4, 0.5) is 0 Å². The Labute approximate surface area is 123 Å². The van der Waals surface area contributed by atoms with Crippen molar-refractivity contribution in [3.05, 3.63) is 66.0 Å². The zero-order valence-corrected chi connectivity index (χ0v) is 12.3. The fraction of sp³-hybridized carbons (Fsp3) is 0.133. The molecular formula is C15H15N3O2S. The van der Waals surface area contributed by atoms with Crippen LogP contribution in [0.1, 0.15) is 11.1 Å². The number of rotatable bonds is 4. The standard InChI is InChI=1S/C15H15N3O2S/c1-12-5-7-14(8-6-12)21(19,20)17-11-13-10-16-18-9-3-2-4-15(13)18/h2-10,17H,11H2,1H3. The molecular weight excluding hydrogens is 286 g/mol. The van der Waals surface area contributed by atoms with Gasteiger partial charge in [-0.1, -0.05) is 23.8 Å². The number of nitrogens with zero attached hydrogens (tertiary/aromatic N) is 2. The Morgan fingerprint density at radius 3 is 2.67 bits per heavy atom. The molecule has 2 heterocycles. The third-order valence-electron chi connectivity index (χ3n) is 3.29. The van der Waals surface area contributed by atoms with E-state index in [0.717, 1.165) is 16.6 Å². The number of hydrogen-bond donors (Lipinski definition) is 1. The average molecular weight is 301 g/mol. The second-order valence-electron chi connectivity index (χ2n) is 4.84. The first-order chi connectivity index (χ1) is 10.1. The SMILES string of the molecule is Cc1ccc(S(=O)(=O)NCc2cnn3ccccc23)cc1. The molecule has 0 radical (unpaired) electrons. The van der Waals surface area contributed by atoms with Crippen molar-refractivity contribution < 1.29 is 8.42 Å². The van der Waals surface area contributed by atoms with Crippen LogP contribution < -0.4 is 4.72 Å². The lowest BCUT2D eigenvalue weighted by atomic mass is 10.2. The van der Waals surface area contributed by atoms with Gasteiger partial charge in [0.1, 0.15) is 0 Å². The van der Waals surface area contributed by atoms with Gasteiger partial charge in [0.05, 0.1) is 16.6 Å². The van der Waals surface area contributed by atoms with E-state index in [2.05, 4.69) is 9.82 Å². The molecule has 1 N–H and O–H groups in total. The van der Waals surface area contributed by atoms with Gasteiger partial charge in [0, 0.05) is 18.3 Å². The molecule has 0 saturated heterocycles. The molecule has 0 saturated carbocycles. The fourth-order valence-corrected chi connectivity index (χ4v) is 3.10. The molecule has 3 rings (SSSR count). The van der Waals surface area contributed by atoms with Crippen LogP contribution in [0.25, 0.3) is 5.52 Å². The predicted molar refractivity (Wildman–Crippen MR) is 80.4 cm³/mol. The minimum Gasteiger partial charge on any atom is -0.241 e. The van der Waals surface area contributed by atoms with Crippen LogP contribution in [0.3, 0.4) is 0 Å². The van der Waals surface area contributed by atoms with Gasteiger partial charge in [-0.05, 0) is 31.2 Å². The molecule has 2 aromatic heterocycles. The number of pyridine rings is 1. The molecule has 0 atom stereocenters. The Balaban J connectivity index is 1.82. The fourth-order valence-electron chi connectivity index (χ4n) is 2.10. The molecule has 1 aromatic carbocycles. The van der Waals surface area contributed by atoms with Crippen molar-refractivity contribution >= 4 is 15.5 Å². The molecule has 0 aliphatic heterocycles. The van der Waals surface area contributed by atoms with Crippen molar-refractivity contribution in [1.29, 1.82) is 0 Å². The van der Waals surface area contributed by atoms with Gasteiger partial charge in [0.25, 0.3) is 0 Å². The van der Waals surface area contributed by atoms with E-state index in [1.54, 1.807) is 35.0 Å². The van der Waals surface area contributed by atoms with Crippen LogP contribution in [0.2, 0.25) is 0 Å². The summed E-state index contributed by atoms with van der Waals surface area (Å²) in [6, 6.07) is 12.5. The van der Waals surface area contributed by atoms with Crippen molar-refractivity contribution in [3.8, 4) is 0 Å². The molecule has 5 nitrogen and oxygen atoms in total. The van der Waals surface area contributed by atoms with Gasteiger partial charge in [0.15, 0.2) is 0 Å². The van der Waals surface area contributed by atoms with Crippen molar-refractivity contribution in [2.24, 2.45) is 0 Å². The van der Waals surface area contributed by atoms with E-state index in [9.17, 15) is 8.42 Å². The molecule has 0 bridgehead atoms. The molecule has 6 heteroatoms. The highest BCUT2D eigenvalue weighted by Crippen LogP contribution is 2.13. The molecule has 0 fully saturated rings. The van der Waals surface area contributed by atoms with Gasteiger partial charge in [-0.25, -0.2) is 17.7 Å². The van der Waals surface area contributed by atoms with Crippen LogP contribution >= 0.6 is 0 Å². The first-order valence-electron chi connectivity index (χ1n) is 6.54. The van der Waals surface area contributed by atoms with E-state index in [1.165, 1.54) is 0 Å². The summed E-state index contributed by atoms with van der Waals surface area (Å²) in [6.45, 7) is 2.13. The van der Waals surface area contributed by atoms with Crippen molar-refractivity contribution in [2.45, 2.75) is 18.4 Å². The van der Waals surface area contributed by atoms with E-state index < -0.39 is 10.0 Å². The van der Waals surface area contributed by atoms with Gasteiger partial charge in [-0.3, -0.25) is 0 Å². The van der Waals surface area contributed by atoms with E-state index in [4.69, 9.17) is 0 Å². The van der Waals surface area contributed by atoms with Crippen LogP contribution in [-0.4, -0.2) is 18.0 Å². The summed E-state index contributed by atoms with van der Waals surface area (Å²) in [5, 5.41) is 4.19. The van der Waals surface area contributed by atoms with Crippen LogP contribution in [0, 0.1) is 6.92 Å². The third-order valence-corrected chi connectivity index (χ3v) is 4.71. The molecule has 0 aliphatic rings. The Hall–Kier alpha value is -2.18. The van der Waals surface area contributed by atoms with E-state index in [-0.39, 0.29) is 11.4 Å². The Morgan fingerprint density at radius 1 is 1.14 bits per heavy atom. The maximum Gasteiger partial charge on any atom is 0.240 e. The largest absolute Gasteiger partial charge is 0.241 e. The highest BCUT2D eigenvalue weighted by molar-refractivity contribution is 7.89. The molecule has 0 amide bonds. The summed E-state index contributed by atoms with van der Waals surface area (Å²) < 4.78 is 28.8. The zero-order valence-electron chi connectivity index (χ0n) is 11.5.